The molecule has 0 radical (unpaired) electrons. The standard InChI is InChI=1S/C13H11ClN2O/c1-8-10(3-2-6-16-8)13(17)11-7-9(14)4-5-12(11)15/h2-7H,15H2,1H3. The second-order valence-corrected chi connectivity index (χ2v) is 4.13. The number of aromatic nitrogens is 1. The molecule has 0 fully saturated rings. The van der Waals surface area contributed by atoms with Crippen LogP contribution >= 0.6 is 11.6 Å². The zero-order valence-electron chi connectivity index (χ0n) is 9.27. The molecule has 0 aliphatic heterocycles. The van der Waals surface area contributed by atoms with Gasteiger partial charge < -0.3 is 5.73 Å². The summed E-state index contributed by atoms with van der Waals surface area (Å²) in [5.74, 6) is -0.157. The van der Waals surface area contributed by atoms with Crippen LogP contribution in [0.2, 0.25) is 5.02 Å². The maximum absolute atomic E-state index is 12.3. The van der Waals surface area contributed by atoms with E-state index in [0.29, 0.717) is 27.5 Å². The second-order valence-electron chi connectivity index (χ2n) is 3.70. The van der Waals surface area contributed by atoms with Gasteiger partial charge in [0, 0.05) is 33.7 Å². The van der Waals surface area contributed by atoms with Crippen molar-refractivity contribution in [3.8, 4) is 0 Å². The molecule has 17 heavy (non-hydrogen) atoms. The molecule has 0 spiro atoms. The lowest BCUT2D eigenvalue weighted by molar-refractivity contribution is 0.103. The van der Waals surface area contributed by atoms with E-state index in [1.807, 2.05) is 0 Å². The molecule has 86 valence electrons. The number of benzene rings is 1. The fourth-order valence-electron chi connectivity index (χ4n) is 1.59. The van der Waals surface area contributed by atoms with Crippen molar-refractivity contribution in [3.63, 3.8) is 0 Å². The lowest BCUT2D eigenvalue weighted by Gasteiger charge is -2.07. The average Bonchev–Trinajstić information content (AvgIpc) is 2.32. The SMILES string of the molecule is Cc1ncccc1C(=O)c1cc(Cl)ccc1N. The van der Waals surface area contributed by atoms with Crippen molar-refractivity contribution in [1.82, 2.24) is 4.98 Å². The number of halogens is 1. The molecule has 4 heteroatoms. The molecule has 1 heterocycles. The van der Waals surface area contributed by atoms with E-state index in [2.05, 4.69) is 4.98 Å². The number of hydrogen-bond acceptors (Lipinski definition) is 3. The molecule has 1 aromatic heterocycles. The maximum atomic E-state index is 12.3. The van der Waals surface area contributed by atoms with Gasteiger partial charge in [-0.15, -0.1) is 0 Å². The van der Waals surface area contributed by atoms with Crippen LogP contribution in [0.15, 0.2) is 36.5 Å². The van der Waals surface area contributed by atoms with Crippen molar-refractivity contribution in [3.05, 3.63) is 58.4 Å². The molecule has 0 atom stereocenters. The summed E-state index contributed by atoms with van der Waals surface area (Å²) in [4.78, 5) is 16.3. The third kappa shape index (κ3) is 2.29. The Morgan fingerprint density at radius 2 is 2.06 bits per heavy atom. The Balaban J connectivity index is 2.51. The van der Waals surface area contributed by atoms with Gasteiger partial charge in [-0.25, -0.2) is 0 Å². The van der Waals surface area contributed by atoms with Crippen LogP contribution in [0.1, 0.15) is 21.6 Å². The zero-order chi connectivity index (χ0) is 12.4. The van der Waals surface area contributed by atoms with Crippen molar-refractivity contribution >= 4 is 23.1 Å². The van der Waals surface area contributed by atoms with Gasteiger partial charge in [-0.1, -0.05) is 11.6 Å². The Morgan fingerprint density at radius 3 is 2.76 bits per heavy atom. The summed E-state index contributed by atoms with van der Waals surface area (Å²) >= 11 is 5.86. The number of nitrogens with zero attached hydrogens (tertiary/aromatic N) is 1. The van der Waals surface area contributed by atoms with Crippen molar-refractivity contribution in [2.75, 3.05) is 5.73 Å². The van der Waals surface area contributed by atoms with Crippen molar-refractivity contribution < 1.29 is 4.79 Å². The zero-order valence-corrected chi connectivity index (χ0v) is 10.0. The maximum Gasteiger partial charge on any atom is 0.196 e. The summed E-state index contributed by atoms with van der Waals surface area (Å²) in [6, 6.07) is 8.31. The van der Waals surface area contributed by atoms with Gasteiger partial charge in [0.1, 0.15) is 0 Å². The van der Waals surface area contributed by atoms with E-state index < -0.39 is 0 Å². The Hall–Kier alpha value is -1.87. The molecular weight excluding hydrogens is 236 g/mol. The minimum Gasteiger partial charge on any atom is -0.398 e. The van der Waals surface area contributed by atoms with Crippen molar-refractivity contribution in [2.24, 2.45) is 0 Å². The van der Waals surface area contributed by atoms with Gasteiger partial charge in [0.2, 0.25) is 0 Å². The first-order valence-electron chi connectivity index (χ1n) is 5.11. The Bertz CT molecular complexity index is 581. The van der Waals surface area contributed by atoms with Gasteiger partial charge >= 0.3 is 0 Å². The van der Waals surface area contributed by atoms with Crippen LogP contribution < -0.4 is 5.73 Å². The quantitative estimate of drug-likeness (QED) is 0.655. The summed E-state index contributed by atoms with van der Waals surface area (Å²) in [6.45, 7) is 1.79. The van der Waals surface area contributed by atoms with Crippen LogP contribution in [0.3, 0.4) is 0 Å². The fraction of sp³-hybridized carbons (Fsp3) is 0.0769. The van der Waals surface area contributed by atoms with Crippen molar-refractivity contribution in [2.45, 2.75) is 6.92 Å². The predicted molar refractivity (Wildman–Crippen MR) is 68.3 cm³/mol. The molecule has 3 nitrogen and oxygen atoms in total. The third-order valence-electron chi connectivity index (χ3n) is 2.51. The van der Waals surface area contributed by atoms with Gasteiger partial charge in [0.25, 0.3) is 0 Å². The first-order chi connectivity index (χ1) is 8.09. The molecule has 0 saturated carbocycles. The van der Waals surface area contributed by atoms with Crippen LogP contribution in [0.25, 0.3) is 0 Å². The molecule has 1 aromatic carbocycles. The number of pyridine rings is 1. The molecule has 2 rings (SSSR count). The van der Waals surface area contributed by atoms with Crippen LogP contribution in [-0.2, 0) is 0 Å². The van der Waals surface area contributed by atoms with E-state index in [1.165, 1.54) is 0 Å². The number of carbonyl (C=O) groups excluding carboxylic acids is 1. The Kier molecular flexibility index (Phi) is 3.11. The number of nitrogen functional groups attached to an aromatic ring is 1. The lowest BCUT2D eigenvalue weighted by Crippen LogP contribution is -2.07. The average molecular weight is 247 g/mol. The van der Waals surface area contributed by atoms with Gasteiger partial charge in [0.15, 0.2) is 5.78 Å². The highest BCUT2D eigenvalue weighted by molar-refractivity contribution is 6.31. The Morgan fingerprint density at radius 1 is 1.29 bits per heavy atom. The van der Waals surface area contributed by atoms with Gasteiger partial charge in [-0.3, -0.25) is 9.78 Å². The molecule has 2 aromatic rings. The van der Waals surface area contributed by atoms with Crippen molar-refractivity contribution in [1.29, 1.82) is 0 Å². The van der Waals surface area contributed by atoms with Gasteiger partial charge in [-0.05, 0) is 37.3 Å². The topological polar surface area (TPSA) is 56.0 Å². The van der Waals surface area contributed by atoms with Crippen LogP contribution in [0.4, 0.5) is 5.69 Å². The molecule has 0 aliphatic carbocycles. The first kappa shape index (κ1) is 11.6. The summed E-state index contributed by atoms with van der Waals surface area (Å²) in [7, 11) is 0. The lowest BCUT2D eigenvalue weighted by atomic mass is 10.0. The van der Waals surface area contributed by atoms with Crippen LogP contribution in [0, 0.1) is 6.92 Å². The highest BCUT2D eigenvalue weighted by Crippen LogP contribution is 2.21. The van der Waals surface area contributed by atoms with Crippen LogP contribution in [-0.4, -0.2) is 10.8 Å². The number of hydrogen-bond donors (Lipinski definition) is 1. The second kappa shape index (κ2) is 4.55. The number of anilines is 1. The molecule has 2 N–H and O–H groups in total. The molecular formula is C13H11ClN2O. The molecule has 0 bridgehead atoms. The van der Waals surface area contributed by atoms with Gasteiger partial charge in [0.05, 0.1) is 0 Å². The van der Waals surface area contributed by atoms with E-state index in [9.17, 15) is 4.79 Å². The number of ketones is 1. The number of aryl methyl sites for hydroxylation is 1. The molecule has 0 unspecified atom stereocenters. The summed E-state index contributed by atoms with van der Waals surface area (Å²) in [6.07, 6.45) is 1.65. The number of carbonyl (C=O) groups is 1. The fourth-order valence-corrected chi connectivity index (χ4v) is 1.77. The number of nitrogens with two attached hydrogens (primary N) is 1. The smallest absolute Gasteiger partial charge is 0.196 e. The van der Waals surface area contributed by atoms with E-state index in [-0.39, 0.29) is 5.78 Å². The Labute approximate surface area is 104 Å². The van der Waals surface area contributed by atoms with Crippen LogP contribution in [0.5, 0.6) is 0 Å². The van der Waals surface area contributed by atoms with E-state index >= 15 is 0 Å². The first-order valence-corrected chi connectivity index (χ1v) is 5.48. The molecule has 0 amide bonds. The summed E-state index contributed by atoms with van der Waals surface area (Å²) in [5.41, 5.74) is 7.83. The molecule has 0 aliphatic rings. The minimum atomic E-state index is -0.157. The van der Waals surface area contributed by atoms with Gasteiger partial charge in [-0.2, -0.15) is 0 Å². The largest absolute Gasteiger partial charge is 0.398 e. The molecule has 0 saturated heterocycles. The number of rotatable bonds is 2. The minimum absolute atomic E-state index is 0.157. The normalized spacial score (nSPS) is 10.2. The predicted octanol–water partition coefficient (Wildman–Crippen LogP) is 2.86. The monoisotopic (exact) mass is 246 g/mol. The highest BCUT2D eigenvalue weighted by Gasteiger charge is 2.15. The van der Waals surface area contributed by atoms with E-state index in [1.54, 1.807) is 43.5 Å². The summed E-state index contributed by atoms with van der Waals surface area (Å²) in [5, 5.41) is 0.490. The summed E-state index contributed by atoms with van der Waals surface area (Å²) < 4.78 is 0. The third-order valence-corrected chi connectivity index (χ3v) is 2.75. The van der Waals surface area contributed by atoms with E-state index in [4.69, 9.17) is 17.3 Å². The highest BCUT2D eigenvalue weighted by atomic mass is 35.5. The van der Waals surface area contributed by atoms with E-state index in [0.717, 1.165) is 0 Å².